The number of rotatable bonds is 7. The van der Waals surface area contributed by atoms with E-state index in [2.05, 4.69) is 39.8 Å². The van der Waals surface area contributed by atoms with E-state index in [1.54, 1.807) is 7.11 Å². The van der Waals surface area contributed by atoms with E-state index in [9.17, 15) is 4.79 Å². The second kappa shape index (κ2) is 12.4. The predicted molar refractivity (Wildman–Crippen MR) is 99.1 cm³/mol. The van der Waals surface area contributed by atoms with Gasteiger partial charge in [0.05, 0.1) is 13.2 Å². The van der Waals surface area contributed by atoms with Gasteiger partial charge in [-0.25, -0.2) is 0 Å². The summed E-state index contributed by atoms with van der Waals surface area (Å²) in [5.74, 6) is 0.0611. The first-order valence-electron chi connectivity index (χ1n) is 7.58. The molecule has 0 bridgehead atoms. The Hall–Kier alpha value is -1.01. The number of anilines is 1. The molecule has 23 heavy (non-hydrogen) atoms. The number of hydrogen-bond donors (Lipinski definition) is 2. The first-order valence-corrected chi connectivity index (χ1v) is 7.58. The number of carbonyl (C=O) groups is 1. The number of ether oxygens (including phenoxy) is 1. The fourth-order valence-electron chi connectivity index (χ4n) is 2.62. The van der Waals surface area contributed by atoms with Gasteiger partial charge in [0.2, 0.25) is 5.91 Å². The summed E-state index contributed by atoms with van der Waals surface area (Å²) in [5.41, 5.74) is 1.23. The lowest BCUT2D eigenvalue weighted by molar-refractivity contribution is -0.121. The summed E-state index contributed by atoms with van der Waals surface area (Å²) in [6, 6.07) is 10.6. The Balaban J connectivity index is 0.00000242. The molecule has 1 aliphatic heterocycles. The molecule has 5 nitrogen and oxygen atoms in total. The second-order valence-corrected chi connectivity index (χ2v) is 5.36. The third kappa shape index (κ3) is 7.88. The van der Waals surface area contributed by atoms with Crippen molar-refractivity contribution in [2.45, 2.75) is 18.9 Å². The van der Waals surface area contributed by atoms with Crippen molar-refractivity contribution in [3.8, 4) is 0 Å². The lowest BCUT2D eigenvalue weighted by Crippen LogP contribution is -2.49. The highest BCUT2D eigenvalue weighted by Crippen LogP contribution is 2.19. The summed E-state index contributed by atoms with van der Waals surface area (Å²) < 4.78 is 4.94. The summed E-state index contributed by atoms with van der Waals surface area (Å²) in [4.78, 5) is 14.2. The average molecular weight is 364 g/mol. The molecule has 1 aromatic carbocycles. The third-order valence-electron chi connectivity index (χ3n) is 3.68. The minimum Gasteiger partial charge on any atom is -0.383 e. The minimum absolute atomic E-state index is 0. The van der Waals surface area contributed by atoms with Crippen molar-refractivity contribution < 1.29 is 9.53 Å². The van der Waals surface area contributed by atoms with E-state index in [1.165, 1.54) is 5.69 Å². The van der Waals surface area contributed by atoms with E-state index in [0.29, 0.717) is 19.7 Å². The molecule has 1 atom stereocenters. The number of piperidine rings is 1. The maximum Gasteiger partial charge on any atom is 0.234 e. The van der Waals surface area contributed by atoms with Gasteiger partial charge in [-0.3, -0.25) is 4.79 Å². The van der Waals surface area contributed by atoms with Gasteiger partial charge in [0.15, 0.2) is 0 Å². The fourth-order valence-corrected chi connectivity index (χ4v) is 2.62. The molecule has 1 aliphatic rings. The average Bonchev–Trinajstić information content (AvgIpc) is 2.53. The van der Waals surface area contributed by atoms with Gasteiger partial charge in [0.25, 0.3) is 0 Å². The molecular weight excluding hydrogens is 337 g/mol. The molecule has 1 fully saturated rings. The first-order chi connectivity index (χ1) is 10.3. The highest BCUT2D eigenvalue weighted by atomic mass is 35.5. The smallest absolute Gasteiger partial charge is 0.234 e. The van der Waals surface area contributed by atoms with Crippen LogP contribution in [0, 0.1) is 0 Å². The fraction of sp³-hybridized carbons (Fsp3) is 0.562. The summed E-state index contributed by atoms with van der Waals surface area (Å²) in [6.07, 6.45) is 2.16. The number of carbonyl (C=O) groups excluding carboxylic acids is 1. The van der Waals surface area contributed by atoms with Crippen LogP contribution in [-0.4, -0.2) is 51.8 Å². The summed E-state index contributed by atoms with van der Waals surface area (Å²) in [7, 11) is 1.65. The molecule has 0 saturated carbocycles. The monoisotopic (exact) mass is 363 g/mol. The van der Waals surface area contributed by atoms with Crippen LogP contribution in [0.4, 0.5) is 5.69 Å². The molecule has 2 rings (SSSR count). The van der Waals surface area contributed by atoms with E-state index in [-0.39, 0.29) is 36.8 Å². The zero-order chi connectivity index (χ0) is 14.9. The molecule has 7 heteroatoms. The van der Waals surface area contributed by atoms with Gasteiger partial charge < -0.3 is 20.3 Å². The van der Waals surface area contributed by atoms with Crippen LogP contribution >= 0.6 is 24.8 Å². The molecule has 0 radical (unpaired) electrons. The van der Waals surface area contributed by atoms with Gasteiger partial charge in [-0.15, -0.1) is 24.8 Å². The quantitative estimate of drug-likeness (QED) is 0.726. The van der Waals surface area contributed by atoms with Crippen molar-refractivity contribution in [3.63, 3.8) is 0 Å². The molecule has 0 spiro atoms. The number of para-hydroxylation sites is 1. The summed E-state index contributed by atoms with van der Waals surface area (Å²) in [5, 5.41) is 6.18. The van der Waals surface area contributed by atoms with Crippen LogP contribution in [0.2, 0.25) is 0 Å². The highest BCUT2D eigenvalue weighted by Gasteiger charge is 2.21. The van der Waals surface area contributed by atoms with Gasteiger partial charge >= 0.3 is 0 Å². The highest BCUT2D eigenvalue weighted by molar-refractivity contribution is 5.85. The van der Waals surface area contributed by atoms with Gasteiger partial charge in [0.1, 0.15) is 0 Å². The van der Waals surface area contributed by atoms with E-state index < -0.39 is 0 Å². The number of nitrogens with one attached hydrogen (secondary N) is 2. The van der Waals surface area contributed by atoms with Crippen LogP contribution in [-0.2, 0) is 9.53 Å². The largest absolute Gasteiger partial charge is 0.383 e. The summed E-state index contributed by atoms with van der Waals surface area (Å²) in [6.45, 7) is 3.62. The Morgan fingerprint density at radius 1 is 1.30 bits per heavy atom. The Kier molecular flexibility index (Phi) is 11.9. The van der Waals surface area contributed by atoms with Gasteiger partial charge in [-0.2, -0.15) is 0 Å². The predicted octanol–water partition coefficient (Wildman–Crippen LogP) is 1.85. The lowest BCUT2D eigenvalue weighted by atomic mass is 10.0. The SMILES string of the molecule is COCCNCC(=O)NC1CCCN(c2ccccc2)C1.Cl.Cl. The Bertz CT molecular complexity index is 435. The van der Waals surface area contributed by atoms with Crippen molar-refractivity contribution in [2.75, 3.05) is 44.8 Å². The molecule has 1 amide bonds. The molecule has 1 unspecified atom stereocenters. The van der Waals surface area contributed by atoms with Crippen LogP contribution in [0.25, 0.3) is 0 Å². The van der Waals surface area contributed by atoms with Crippen molar-refractivity contribution in [2.24, 2.45) is 0 Å². The third-order valence-corrected chi connectivity index (χ3v) is 3.68. The molecule has 0 aromatic heterocycles. The summed E-state index contributed by atoms with van der Waals surface area (Å²) >= 11 is 0. The Labute approximate surface area is 151 Å². The van der Waals surface area contributed by atoms with Gasteiger partial charge in [0, 0.05) is 38.5 Å². The molecule has 132 valence electrons. The zero-order valence-electron chi connectivity index (χ0n) is 13.5. The van der Waals surface area contributed by atoms with Gasteiger partial charge in [-0.1, -0.05) is 18.2 Å². The molecule has 0 aliphatic carbocycles. The van der Waals surface area contributed by atoms with Crippen molar-refractivity contribution in [3.05, 3.63) is 30.3 Å². The van der Waals surface area contributed by atoms with E-state index >= 15 is 0 Å². The van der Waals surface area contributed by atoms with Crippen molar-refractivity contribution >= 4 is 36.4 Å². The lowest BCUT2D eigenvalue weighted by Gasteiger charge is -2.34. The number of benzene rings is 1. The van der Waals surface area contributed by atoms with E-state index in [4.69, 9.17) is 4.74 Å². The Morgan fingerprint density at radius 3 is 2.74 bits per heavy atom. The number of amides is 1. The van der Waals surface area contributed by atoms with Crippen molar-refractivity contribution in [1.29, 1.82) is 0 Å². The molecule has 1 saturated heterocycles. The van der Waals surface area contributed by atoms with Crippen LogP contribution in [0.1, 0.15) is 12.8 Å². The second-order valence-electron chi connectivity index (χ2n) is 5.36. The normalized spacial score (nSPS) is 16.9. The number of hydrogen-bond acceptors (Lipinski definition) is 4. The van der Waals surface area contributed by atoms with Gasteiger partial charge in [-0.05, 0) is 25.0 Å². The van der Waals surface area contributed by atoms with Crippen LogP contribution in [0.5, 0.6) is 0 Å². The number of nitrogens with zero attached hydrogens (tertiary/aromatic N) is 1. The molecular formula is C16H27Cl2N3O2. The maximum atomic E-state index is 11.9. The maximum absolute atomic E-state index is 11.9. The van der Waals surface area contributed by atoms with Crippen LogP contribution in [0.15, 0.2) is 30.3 Å². The van der Waals surface area contributed by atoms with Crippen molar-refractivity contribution in [1.82, 2.24) is 10.6 Å². The zero-order valence-corrected chi connectivity index (χ0v) is 15.1. The Morgan fingerprint density at radius 2 is 2.04 bits per heavy atom. The minimum atomic E-state index is 0. The van der Waals surface area contributed by atoms with Crippen LogP contribution < -0.4 is 15.5 Å². The molecule has 1 aromatic rings. The number of halogens is 2. The molecule has 1 heterocycles. The standard InChI is InChI=1S/C16H25N3O2.2ClH/c1-21-11-9-17-12-16(20)18-14-6-5-10-19(13-14)15-7-3-2-4-8-15;;/h2-4,7-8,14,17H,5-6,9-13H2,1H3,(H,18,20);2*1H. The number of methoxy groups -OCH3 is 1. The topological polar surface area (TPSA) is 53.6 Å². The van der Waals surface area contributed by atoms with E-state index in [0.717, 1.165) is 25.9 Å². The molecule has 2 N–H and O–H groups in total. The first kappa shape index (κ1) is 22.0. The van der Waals surface area contributed by atoms with E-state index in [1.807, 2.05) is 6.07 Å². The van der Waals surface area contributed by atoms with Crippen LogP contribution in [0.3, 0.4) is 0 Å².